The minimum atomic E-state index is -0.253. The average molecular weight is 316 g/mol. The van der Waals surface area contributed by atoms with Crippen molar-refractivity contribution in [1.29, 1.82) is 0 Å². The van der Waals surface area contributed by atoms with Crippen LogP contribution in [0.1, 0.15) is 36.5 Å². The normalized spacial score (nSPS) is 23.9. The molecule has 2 atom stereocenters. The number of ether oxygens (including phenoxy) is 1. The highest BCUT2D eigenvalue weighted by Gasteiger charge is 2.30. The van der Waals surface area contributed by atoms with E-state index >= 15 is 0 Å². The summed E-state index contributed by atoms with van der Waals surface area (Å²) in [6.07, 6.45) is 3.38. The lowest BCUT2D eigenvalue weighted by Crippen LogP contribution is -2.14. The molecule has 1 aliphatic rings. The molecule has 1 N–H and O–H groups in total. The van der Waals surface area contributed by atoms with Crippen LogP contribution < -0.4 is 0 Å². The number of carbonyl (C=O) groups is 1. The number of aldehydes is 1. The fraction of sp³-hybridized carbons (Fsp3) is 0.545. The Kier molecular flexibility index (Phi) is 4.26. The van der Waals surface area contributed by atoms with Crippen molar-refractivity contribution < 1.29 is 14.6 Å². The quantitative estimate of drug-likeness (QED) is 0.679. The molecule has 1 saturated heterocycles. The third kappa shape index (κ3) is 2.38. The Morgan fingerprint density at radius 2 is 2.44 bits per heavy atom. The van der Waals surface area contributed by atoms with E-state index in [1.54, 1.807) is 17.7 Å². The highest BCUT2D eigenvalue weighted by Crippen LogP contribution is 2.35. The average Bonchev–Trinajstić information content (AvgIpc) is 2.94. The number of carbonyl (C=O) groups excluding carboxylic acids is 1. The first-order valence-corrected chi connectivity index (χ1v) is 6.48. The first kappa shape index (κ1) is 13.4. The topological polar surface area (TPSA) is 76.7 Å². The fourth-order valence-corrected chi connectivity index (χ4v) is 2.60. The van der Waals surface area contributed by atoms with Crippen molar-refractivity contribution in [2.24, 2.45) is 4.99 Å². The van der Waals surface area contributed by atoms with Gasteiger partial charge in [0.25, 0.3) is 0 Å². The van der Waals surface area contributed by atoms with Gasteiger partial charge in [-0.25, -0.2) is 9.98 Å². The summed E-state index contributed by atoms with van der Waals surface area (Å²) in [6.45, 7) is 1.77. The predicted molar refractivity (Wildman–Crippen MR) is 69.4 cm³/mol. The van der Waals surface area contributed by atoms with Crippen molar-refractivity contribution in [2.45, 2.75) is 32.1 Å². The SMILES string of the molecule is C/C=N\c1c(C=O)nc(Br)n1C1CCC(CO)O1. The van der Waals surface area contributed by atoms with E-state index in [9.17, 15) is 4.79 Å². The molecule has 0 aliphatic carbocycles. The molecule has 98 valence electrons. The second-order valence-electron chi connectivity index (χ2n) is 3.94. The number of hydrogen-bond donors (Lipinski definition) is 1. The number of rotatable bonds is 4. The number of imidazole rings is 1. The molecule has 1 aliphatic heterocycles. The monoisotopic (exact) mass is 315 g/mol. The van der Waals surface area contributed by atoms with E-state index in [1.165, 1.54) is 0 Å². The van der Waals surface area contributed by atoms with Gasteiger partial charge in [0, 0.05) is 6.21 Å². The van der Waals surface area contributed by atoms with Crippen LogP contribution in [0.5, 0.6) is 0 Å². The summed E-state index contributed by atoms with van der Waals surface area (Å²) < 4.78 is 7.92. The van der Waals surface area contributed by atoms with E-state index in [-0.39, 0.29) is 24.6 Å². The van der Waals surface area contributed by atoms with E-state index < -0.39 is 0 Å². The third-order valence-electron chi connectivity index (χ3n) is 2.81. The maximum Gasteiger partial charge on any atom is 0.181 e. The predicted octanol–water partition coefficient (Wildman–Crippen LogP) is 1.85. The van der Waals surface area contributed by atoms with Crippen LogP contribution in [0.4, 0.5) is 5.82 Å². The van der Waals surface area contributed by atoms with E-state index in [1.807, 2.05) is 0 Å². The van der Waals surface area contributed by atoms with Crippen molar-refractivity contribution in [3.05, 3.63) is 10.4 Å². The number of hydrogen-bond acceptors (Lipinski definition) is 5. The lowest BCUT2D eigenvalue weighted by molar-refractivity contribution is -0.0226. The van der Waals surface area contributed by atoms with Crippen molar-refractivity contribution in [1.82, 2.24) is 9.55 Å². The summed E-state index contributed by atoms with van der Waals surface area (Å²) in [5.74, 6) is 0.475. The van der Waals surface area contributed by atoms with Crippen molar-refractivity contribution in [3.8, 4) is 0 Å². The Bertz CT molecular complexity index is 472. The van der Waals surface area contributed by atoms with E-state index in [0.717, 1.165) is 12.8 Å². The summed E-state index contributed by atoms with van der Waals surface area (Å²) in [7, 11) is 0. The zero-order chi connectivity index (χ0) is 13.1. The Balaban J connectivity index is 2.37. The molecular formula is C11H14BrN3O3. The molecule has 0 spiro atoms. The van der Waals surface area contributed by atoms with Crippen LogP contribution in [0.25, 0.3) is 0 Å². The summed E-state index contributed by atoms with van der Waals surface area (Å²) in [4.78, 5) is 19.2. The Hall–Kier alpha value is -1.05. The largest absolute Gasteiger partial charge is 0.394 e. The van der Waals surface area contributed by atoms with Crippen LogP contribution in [-0.4, -0.2) is 39.9 Å². The Morgan fingerprint density at radius 3 is 3.00 bits per heavy atom. The number of aliphatic hydroxyl groups excluding tert-OH is 1. The first-order chi connectivity index (χ1) is 8.71. The molecule has 18 heavy (non-hydrogen) atoms. The maximum atomic E-state index is 11.0. The molecule has 0 amide bonds. The van der Waals surface area contributed by atoms with Crippen molar-refractivity contribution in [2.75, 3.05) is 6.61 Å². The first-order valence-electron chi connectivity index (χ1n) is 5.69. The van der Waals surface area contributed by atoms with Gasteiger partial charge in [-0.3, -0.25) is 9.36 Å². The summed E-state index contributed by atoms with van der Waals surface area (Å²) in [5.41, 5.74) is 0.274. The summed E-state index contributed by atoms with van der Waals surface area (Å²) >= 11 is 3.31. The molecule has 1 aromatic rings. The zero-order valence-electron chi connectivity index (χ0n) is 9.91. The second-order valence-corrected chi connectivity index (χ2v) is 4.65. The van der Waals surface area contributed by atoms with Gasteiger partial charge in [-0.05, 0) is 35.7 Å². The zero-order valence-corrected chi connectivity index (χ0v) is 11.5. The highest BCUT2D eigenvalue weighted by molar-refractivity contribution is 9.10. The van der Waals surface area contributed by atoms with Gasteiger partial charge in [0.15, 0.2) is 16.8 Å². The highest BCUT2D eigenvalue weighted by atomic mass is 79.9. The summed E-state index contributed by atoms with van der Waals surface area (Å²) in [5, 5.41) is 9.08. The number of halogens is 1. The second kappa shape index (κ2) is 5.73. The minimum Gasteiger partial charge on any atom is -0.394 e. The molecule has 2 heterocycles. The Morgan fingerprint density at radius 1 is 1.67 bits per heavy atom. The van der Waals surface area contributed by atoms with Gasteiger partial charge in [-0.1, -0.05) is 0 Å². The van der Waals surface area contributed by atoms with Crippen LogP contribution in [0, 0.1) is 0 Å². The Labute approximate surface area is 113 Å². The van der Waals surface area contributed by atoms with Crippen molar-refractivity contribution in [3.63, 3.8) is 0 Å². The van der Waals surface area contributed by atoms with Gasteiger partial charge in [0.2, 0.25) is 0 Å². The molecule has 2 unspecified atom stereocenters. The smallest absolute Gasteiger partial charge is 0.181 e. The molecule has 1 aromatic heterocycles. The van der Waals surface area contributed by atoms with Gasteiger partial charge in [-0.15, -0.1) is 0 Å². The number of nitrogens with zero attached hydrogens (tertiary/aromatic N) is 3. The van der Waals surface area contributed by atoms with Crippen LogP contribution in [-0.2, 0) is 4.74 Å². The molecule has 0 bridgehead atoms. The van der Waals surface area contributed by atoms with Crippen LogP contribution in [0.3, 0.4) is 0 Å². The lowest BCUT2D eigenvalue weighted by atomic mass is 10.2. The van der Waals surface area contributed by atoms with Crippen LogP contribution >= 0.6 is 15.9 Å². The van der Waals surface area contributed by atoms with E-state index in [0.29, 0.717) is 16.8 Å². The van der Waals surface area contributed by atoms with Gasteiger partial charge in [0.05, 0.1) is 12.7 Å². The molecule has 0 aromatic carbocycles. The third-order valence-corrected chi connectivity index (χ3v) is 3.37. The molecule has 2 rings (SSSR count). The lowest BCUT2D eigenvalue weighted by Gasteiger charge is -2.16. The number of aliphatic hydroxyl groups is 1. The van der Waals surface area contributed by atoms with Crippen molar-refractivity contribution >= 4 is 34.2 Å². The number of aromatic nitrogens is 2. The van der Waals surface area contributed by atoms with Crippen LogP contribution in [0.15, 0.2) is 9.73 Å². The molecule has 7 heteroatoms. The summed E-state index contributed by atoms with van der Waals surface area (Å²) in [6, 6.07) is 0. The van der Waals surface area contributed by atoms with Crippen LogP contribution in [0.2, 0.25) is 0 Å². The molecular weight excluding hydrogens is 302 g/mol. The van der Waals surface area contributed by atoms with E-state index in [4.69, 9.17) is 9.84 Å². The van der Waals surface area contributed by atoms with Gasteiger partial charge in [-0.2, -0.15) is 0 Å². The standard InChI is InChI=1S/C11H14BrN3O3/c1-2-13-10-8(6-17)14-11(12)15(10)9-4-3-7(5-16)18-9/h2,6-7,9,16H,3-5H2,1H3/b13-2-. The van der Waals surface area contributed by atoms with Gasteiger partial charge in [0.1, 0.15) is 11.9 Å². The molecule has 6 nitrogen and oxygen atoms in total. The fourth-order valence-electron chi connectivity index (χ4n) is 2.01. The van der Waals surface area contributed by atoms with Gasteiger partial charge < -0.3 is 9.84 Å². The molecule has 0 radical (unpaired) electrons. The maximum absolute atomic E-state index is 11.0. The minimum absolute atomic E-state index is 0.00423. The van der Waals surface area contributed by atoms with E-state index in [2.05, 4.69) is 25.9 Å². The van der Waals surface area contributed by atoms with Gasteiger partial charge >= 0.3 is 0 Å². The molecule has 1 fully saturated rings. The number of aliphatic imine (C=N–C) groups is 1. The molecule has 0 saturated carbocycles.